The number of aromatic hydroxyl groups is 1. The van der Waals surface area contributed by atoms with Crippen LogP contribution in [0.4, 0.5) is 0 Å². The Hall–Kier alpha value is -7.84. The molecule has 0 bridgehead atoms. The van der Waals surface area contributed by atoms with Crippen LogP contribution in [-0.2, 0) is 37.3 Å². The number of phenolic OH excluding ortho intramolecular Hbond substituents is 1. The van der Waals surface area contributed by atoms with Crippen molar-refractivity contribution in [2.45, 2.75) is 78.6 Å². The van der Waals surface area contributed by atoms with Crippen molar-refractivity contribution < 1.29 is 30.6 Å². The van der Waals surface area contributed by atoms with Gasteiger partial charge in [-0.3, -0.25) is 9.55 Å². The van der Waals surface area contributed by atoms with Crippen molar-refractivity contribution >= 4 is 33.0 Å². The molecule has 3 heterocycles. The minimum atomic E-state index is -0.370. The maximum absolute atomic E-state index is 12.7. The number of nitrogens with zero attached hydrogens (tertiary/aromatic N) is 4. The molecule has 0 spiro atoms. The summed E-state index contributed by atoms with van der Waals surface area (Å²) in [5.41, 5.74) is 16.4. The van der Waals surface area contributed by atoms with Crippen molar-refractivity contribution in [1.82, 2.24) is 14.5 Å². The molecule has 0 fully saturated rings. The van der Waals surface area contributed by atoms with Crippen LogP contribution in [0.25, 0.3) is 106 Å². The van der Waals surface area contributed by atoms with E-state index in [-0.39, 0.29) is 43.1 Å². The zero-order valence-corrected chi connectivity index (χ0v) is 45.5. The minimum absolute atomic E-state index is 0. The second-order valence-electron chi connectivity index (χ2n) is 22.2. The van der Waals surface area contributed by atoms with Crippen molar-refractivity contribution in [2.75, 3.05) is 0 Å². The molecule has 74 heavy (non-hydrogen) atoms. The molecule has 0 saturated heterocycles. The van der Waals surface area contributed by atoms with Gasteiger partial charge in [-0.15, -0.1) is 17.7 Å². The summed E-state index contributed by atoms with van der Waals surface area (Å²) in [6.07, 6.45) is 1.78. The van der Waals surface area contributed by atoms with Crippen LogP contribution in [0.2, 0.25) is 0 Å². The third kappa shape index (κ3) is 8.84. The van der Waals surface area contributed by atoms with E-state index in [4.69, 9.17) is 14.4 Å². The van der Waals surface area contributed by atoms with E-state index < -0.39 is 0 Å². The van der Waals surface area contributed by atoms with Gasteiger partial charge in [0.1, 0.15) is 17.2 Å². The predicted octanol–water partition coefficient (Wildman–Crippen LogP) is 17.6. The van der Waals surface area contributed by atoms with Gasteiger partial charge in [0.05, 0.1) is 39.5 Å². The first-order chi connectivity index (χ1) is 35.0. The van der Waals surface area contributed by atoms with Crippen LogP contribution < -0.4 is 0 Å². The number of rotatable bonds is 7. The Balaban J connectivity index is 0.00000626. The molecule has 1 N–H and O–H groups in total. The molecule has 8 aromatic carbocycles. The summed E-state index contributed by atoms with van der Waals surface area (Å²) in [5, 5.41) is 25.0. The normalized spacial score (nSPS) is 12.1. The fourth-order valence-corrected chi connectivity index (χ4v) is 10.2. The zero-order chi connectivity index (χ0) is 51.0. The monoisotopic (exact) mass is 1140 g/mol. The summed E-state index contributed by atoms with van der Waals surface area (Å²) in [6.45, 7) is 19.8. The van der Waals surface area contributed by atoms with E-state index in [9.17, 15) is 10.4 Å². The second-order valence-corrected chi connectivity index (χ2v) is 22.2. The molecule has 0 atom stereocenters. The van der Waals surface area contributed by atoms with E-state index in [1.807, 2.05) is 54.6 Å². The molecular formula is C67H57N4O2Pt-. The fraction of sp³-hybridized carbons (Fsp3) is 0.179. The van der Waals surface area contributed by atoms with Gasteiger partial charge in [-0.25, -0.2) is 4.98 Å². The first-order valence-electron chi connectivity index (χ1n) is 25.0. The van der Waals surface area contributed by atoms with Crippen LogP contribution in [0, 0.1) is 17.4 Å². The summed E-state index contributed by atoms with van der Waals surface area (Å²) in [6, 6.07) is 64.6. The molecule has 0 aliphatic carbocycles. The Morgan fingerprint density at radius 3 is 1.86 bits per heavy atom. The van der Waals surface area contributed by atoms with Crippen molar-refractivity contribution in [3.8, 4) is 84.7 Å². The third-order valence-electron chi connectivity index (χ3n) is 14.2. The van der Waals surface area contributed by atoms with Crippen LogP contribution in [0.5, 0.6) is 5.75 Å². The Labute approximate surface area is 448 Å². The zero-order valence-electron chi connectivity index (χ0n) is 43.2. The van der Waals surface area contributed by atoms with Gasteiger partial charge in [0, 0.05) is 55.0 Å². The molecule has 11 rings (SSSR count). The maximum Gasteiger partial charge on any atom is 0.148 e. The number of pyridine rings is 1. The van der Waals surface area contributed by atoms with Gasteiger partial charge in [0.25, 0.3) is 0 Å². The number of furan rings is 1. The van der Waals surface area contributed by atoms with E-state index in [1.54, 1.807) is 6.20 Å². The number of para-hydroxylation sites is 1. The average molecular weight is 1150 g/mol. The average Bonchev–Trinajstić information content (AvgIpc) is 3.97. The number of nitriles is 1. The van der Waals surface area contributed by atoms with Crippen LogP contribution in [0.3, 0.4) is 0 Å². The molecule has 0 amide bonds. The smallest absolute Gasteiger partial charge is 0.148 e. The Kier molecular flexibility index (Phi) is 12.7. The molecule has 6 nitrogen and oxygen atoms in total. The number of benzene rings is 8. The van der Waals surface area contributed by atoms with Gasteiger partial charge in [-0.1, -0.05) is 201 Å². The number of hydrogen-bond donors (Lipinski definition) is 1. The first-order valence-corrected chi connectivity index (χ1v) is 25.0. The molecule has 7 heteroatoms. The molecule has 0 radical (unpaired) electrons. The van der Waals surface area contributed by atoms with E-state index >= 15 is 0 Å². The SMILES string of the molecule is CC(C)(C)c1ccc(-n2c(-c3cc(C(C)(C)C)cc(C(C)(C)C)c3O)nc3c(-c4[c-]c(-c5ccccn5)c5oc6c(-c7ccc(-c8ccccc8)cc7)c(C#N)ccc6c5c4)cccc32)c(-c2ccccc2)c1.[Pt]. The van der Waals surface area contributed by atoms with Crippen LogP contribution in [0.15, 0.2) is 180 Å². The van der Waals surface area contributed by atoms with Crippen LogP contribution in [0.1, 0.15) is 84.6 Å². The largest absolute Gasteiger partial charge is 0.507 e. The van der Waals surface area contributed by atoms with E-state index in [2.05, 4.69) is 194 Å². The summed E-state index contributed by atoms with van der Waals surface area (Å²) in [5.74, 6) is 0.840. The molecule has 0 aliphatic rings. The van der Waals surface area contributed by atoms with Gasteiger partial charge in [0.2, 0.25) is 0 Å². The Morgan fingerprint density at radius 2 is 1.22 bits per heavy atom. The quantitative estimate of drug-likeness (QED) is 0.161. The molecular weight excluding hydrogens is 1090 g/mol. The Bertz CT molecular complexity index is 3960. The van der Waals surface area contributed by atoms with E-state index in [1.165, 1.54) is 5.56 Å². The van der Waals surface area contributed by atoms with E-state index in [0.29, 0.717) is 39.4 Å². The van der Waals surface area contributed by atoms with Gasteiger partial charge < -0.3 is 9.52 Å². The molecule has 3 aromatic heterocycles. The topological polar surface area (TPSA) is 87.9 Å². The van der Waals surface area contributed by atoms with Crippen LogP contribution in [-0.4, -0.2) is 19.6 Å². The number of fused-ring (bicyclic) bond motifs is 4. The van der Waals surface area contributed by atoms with Crippen molar-refractivity contribution in [3.63, 3.8) is 0 Å². The molecule has 0 aliphatic heterocycles. The molecule has 11 aromatic rings. The maximum atomic E-state index is 12.7. The number of imidazole rings is 1. The number of aromatic nitrogens is 3. The summed E-state index contributed by atoms with van der Waals surface area (Å²) >= 11 is 0. The summed E-state index contributed by atoms with van der Waals surface area (Å²) in [7, 11) is 0. The Morgan fingerprint density at radius 1 is 0.568 bits per heavy atom. The van der Waals surface area contributed by atoms with Crippen LogP contribution >= 0.6 is 0 Å². The predicted molar refractivity (Wildman–Crippen MR) is 300 cm³/mol. The number of phenols is 1. The van der Waals surface area contributed by atoms with E-state index in [0.717, 1.165) is 83.1 Å². The minimum Gasteiger partial charge on any atom is -0.507 e. The fourth-order valence-electron chi connectivity index (χ4n) is 10.2. The van der Waals surface area contributed by atoms with Crippen molar-refractivity contribution in [2.24, 2.45) is 0 Å². The van der Waals surface area contributed by atoms with Gasteiger partial charge in [-0.05, 0) is 91.4 Å². The summed E-state index contributed by atoms with van der Waals surface area (Å²) in [4.78, 5) is 10.5. The van der Waals surface area contributed by atoms with Crippen molar-refractivity contribution in [3.05, 3.63) is 204 Å². The molecule has 0 saturated carbocycles. The molecule has 0 unspecified atom stereocenters. The first kappa shape index (κ1) is 49.7. The number of hydrogen-bond acceptors (Lipinski definition) is 5. The molecule has 368 valence electrons. The van der Waals surface area contributed by atoms with Crippen molar-refractivity contribution in [1.29, 1.82) is 5.26 Å². The third-order valence-corrected chi connectivity index (χ3v) is 14.2. The van der Waals surface area contributed by atoms with Gasteiger partial charge >= 0.3 is 0 Å². The van der Waals surface area contributed by atoms with Gasteiger partial charge in [0.15, 0.2) is 0 Å². The summed E-state index contributed by atoms with van der Waals surface area (Å²) < 4.78 is 9.25. The van der Waals surface area contributed by atoms with Gasteiger partial charge in [-0.2, -0.15) is 5.26 Å². The standard InChI is InChI=1S/C67H57N4O2.Pt/c1-65(2,3)47-31-33-57(51(37-47)43-21-14-11-15-22-43)71-58-25-18-23-49(60(58)70-64(71)54-38-48(66(4,5)6)39-55(61(54)72)67(7,8)9)46-35-52-50-32-30-45(40-68)59(44-28-26-42(27-29-44)41-19-12-10-13-20-41)63(50)73-62(52)53(36-46)56-24-16-17-34-69-56;/h10-35,37-39,72H,1-9H3;/q-1;. The second kappa shape index (κ2) is 18.9.